The van der Waals surface area contributed by atoms with Gasteiger partial charge < -0.3 is 10.1 Å². The Morgan fingerprint density at radius 2 is 2.38 bits per heavy atom. The summed E-state index contributed by atoms with van der Waals surface area (Å²) in [5.41, 5.74) is 1.76. The highest BCUT2D eigenvalue weighted by molar-refractivity contribution is 6.03. The number of fused-ring (bicyclic) bond motifs is 1. The van der Waals surface area contributed by atoms with Crippen molar-refractivity contribution in [3.63, 3.8) is 0 Å². The summed E-state index contributed by atoms with van der Waals surface area (Å²) < 4.78 is 5.09. The van der Waals surface area contributed by atoms with Crippen LogP contribution < -0.4 is 10.1 Å². The summed E-state index contributed by atoms with van der Waals surface area (Å²) in [5.74, 6) is 0.499. The van der Waals surface area contributed by atoms with E-state index in [9.17, 15) is 4.79 Å². The van der Waals surface area contributed by atoms with Gasteiger partial charge in [0, 0.05) is 18.2 Å². The number of hydrogen-bond donors (Lipinski definition) is 1. The van der Waals surface area contributed by atoms with Gasteiger partial charge in [0.1, 0.15) is 5.75 Å². The standard InChI is InChI=1S/C12H12N2O2/c1-16-8-4-5-9-10(3-2-6-13)12(15)14-11(9)7-8/h4-5,7,10H,2-3H2,1H3,(H,14,15). The molecule has 16 heavy (non-hydrogen) atoms. The molecule has 0 aliphatic carbocycles. The SMILES string of the molecule is COc1ccc2c(c1)NC(=O)C2CCC#N. The van der Waals surface area contributed by atoms with Crippen LogP contribution in [0.25, 0.3) is 0 Å². The fraction of sp³-hybridized carbons (Fsp3) is 0.333. The first-order valence-corrected chi connectivity index (χ1v) is 5.12. The smallest absolute Gasteiger partial charge is 0.232 e. The van der Waals surface area contributed by atoms with Gasteiger partial charge in [-0.15, -0.1) is 0 Å². The van der Waals surface area contributed by atoms with Gasteiger partial charge >= 0.3 is 0 Å². The number of carbonyl (C=O) groups excluding carboxylic acids is 1. The van der Waals surface area contributed by atoms with E-state index in [2.05, 4.69) is 11.4 Å². The predicted octanol–water partition coefficient (Wildman–Crippen LogP) is 2.03. The van der Waals surface area contributed by atoms with Crippen molar-refractivity contribution in [2.24, 2.45) is 0 Å². The summed E-state index contributed by atoms with van der Waals surface area (Å²) in [5, 5.41) is 11.3. The molecule has 0 bridgehead atoms. The molecule has 1 N–H and O–H groups in total. The minimum atomic E-state index is -0.194. The minimum Gasteiger partial charge on any atom is -0.497 e. The van der Waals surface area contributed by atoms with Gasteiger partial charge in [0.2, 0.25) is 5.91 Å². The van der Waals surface area contributed by atoms with E-state index in [-0.39, 0.29) is 11.8 Å². The van der Waals surface area contributed by atoms with Gasteiger partial charge in [0.25, 0.3) is 0 Å². The van der Waals surface area contributed by atoms with Crippen LogP contribution in [-0.2, 0) is 4.79 Å². The van der Waals surface area contributed by atoms with E-state index < -0.39 is 0 Å². The van der Waals surface area contributed by atoms with Gasteiger partial charge in [-0.05, 0) is 18.1 Å². The number of methoxy groups -OCH3 is 1. The molecule has 1 atom stereocenters. The number of benzene rings is 1. The van der Waals surface area contributed by atoms with Gasteiger partial charge in [-0.25, -0.2) is 0 Å². The molecule has 1 aromatic carbocycles. The number of nitrogens with zero attached hydrogens (tertiary/aromatic N) is 1. The molecule has 0 saturated heterocycles. The number of nitrogens with one attached hydrogen (secondary N) is 1. The van der Waals surface area contributed by atoms with Crippen LogP contribution in [0.4, 0.5) is 5.69 Å². The molecule has 0 radical (unpaired) electrons. The normalized spacial score (nSPS) is 17.5. The molecule has 1 unspecified atom stereocenters. The summed E-state index contributed by atoms with van der Waals surface area (Å²) in [6.45, 7) is 0. The Balaban J connectivity index is 2.28. The molecule has 1 heterocycles. The van der Waals surface area contributed by atoms with Crippen molar-refractivity contribution in [1.29, 1.82) is 5.26 Å². The number of amides is 1. The molecule has 2 rings (SSSR count). The quantitative estimate of drug-likeness (QED) is 0.840. The lowest BCUT2D eigenvalue weighted by molar-refractivity contribution is -0.117. The maximum atomic E-state index is 11.7. The fourth-order valence-electron chi connectivity index (χ4n) is 1.93. The molecule has 4 nitrogen and oxygen atoms in total. The first kappa shape index (κ1) is 10.5. The molecule has 1 amide bonds. The van der Waals surface area contributed by atoms with Gasteiger partial charge in [-0.3, -0.25) is 4.79 Å². The molecule has 0 fully saturated rings. The molecule has 0 saturated carbocycles. The first-order chi connectivity index (χ1) is 7.76. The van der Waals surface area contributed by atoms with Crippen LogP contribution in [-0.4, -0.2) is 13.0 Å². The van der Waals surface area contributed by atoms with Crippen LogP contribution in [0.1, 0.15) is 24.3 Å². The van der Waals surface area contributed by atoms with E-state index in [0.29, 0.717) is 12.8 Å². The van der Waals surface area contributed by atoms with Crippen LogP contribution in [0.5, 0.6) is 5.75 Å². The minimum absolute atomic E-state index is 0.0292. The predicted molar refractivity (Wildman–Crippen MR) is 59.2 cm³/mol. The highest BCUT2D eigenvalue weighted by Gasteiger charge is 2.30. The molecular weight excluding hydrogens is 204 g/mol. The Morgan fingerprint density at radius 3 is 3.06 bits per heavy atom. The Labute approximate surface area is 93.8 Å². The Morgan fingerprint density at radius 1 is 1.56 bits per heavy atom. The maximum Gasteiger partial charge on any atom is 0.232 e. The monoisotopic (exact) mass is 216 g/mol. The fourth-order valence-corrected chi connectivity index (χ4v) is 1.93. The molecule has 0 aromatic heterocycles. The second-order valence-electron chi connectivity index (χ2n) is 3.69. The van der Waals surface area contributed by atoms with Crippen molar-refractivity contribution in [2.75, 3.05) is 12.4 Å². The lowest BCUT2D eigenvalue weighted by atomic mass is 9.96. The van der Waals surface area contributed by atoms with Crippen LogP contribution in [0.15, 0.2) is 18.2 Å². The number of anilines is 1. The molecular formula is C12H12N2O2. The molecule has 1 aliphatic rings. The van der Waals surface area contributed by atoms with Gasteiger partial charge in [-0.2, -0.15) is 5.26 Å². The Bertz CT molecular complexity index is 463. The van der Waals surface area contributed by atoms with Crippen LogP contribution >= 0.6 is 0 Å². The number of nitriles is 1. The highest BCUT2D eigenvalue weighted by atomic mass is 16.5. The van der Waals surface area contributed by atoms with Crippen molar-refractivity contribution in [3.8, 4) is 11.8 Å². The largest absolute Gasteiger partial charge is 0.497 e. The van der Waals surface area contributed by atoms with Gasteiger partial charge in [0.15, 0.2) is 0 Å². The van der Waals surface area contributed by atoms with E-state index in [4.69, 9.17) is 10.00 Å². The Kier molecular flexibility index (Phi) is 2.78. The highest BCUT2D eigenvalue weighted by Crippen LogP contribution is 2.37. The second kappa shape index (κ2) is 4.23. The van der Waals surface area contributed by atoms with Crippen molar-refractivity contribution in [1.82, 2.24) is 0 Å². The number of carbonyl (C=O) groups is 1. The molecule has 82 valence electrons. The number of ether oxygens (including phenoxy) is 1. The van der Waals surface area contributed by atoms with Crippen molar-refractivity contribution >= 4 is 11.6 Å². The average molecular weight is 216 g/mol. The van der Waals surface area contributed by atoms with E-state index in [1.807, 2.05) is 12.1 Å². The number of rotatable bonds is 3. The summed E-state index contributed by atoms with van der Waals surface area (Å²) >= 11 is 0. The van der Waals surface area contributed by atoms with Crippen LogP contribution in [0.2, 0.25) is 0 Å². The zero-order valence-electron chi connectivity index (χ0n) is 8.99. The van der Waals surface area contributed by atoms with Crippen LogP contribution in [0, 0.1) is 11.3 Å². The zero-order valence-corrected chi connectivity index (χ0v) is 8.99. The Hall–Kier alpha value is -2.02. The maximum absolute atomic E-state index is 11.7. The first-order valence-electron chi connectivity index (χ1n) is 5.12. The third kappa shape index (κ3) is 1.72. The van der Waals surface area contributed by atoms with E-state index in [1.165, 1.54) is 0 Å². The average Bonchev–Trinajstić information content (AvgIpc) is 2.61. The summed E-state index contributed by atoms with van der Waals surface area (Å²) in [4.78, 5) is 11.7. The third-order valence-electron chi connectivity index (χ3n) is 2.76. The molecule has 0 spiro atoms. The van der Waals surface area contributed by atoms with Gasteiger partial charge in [-0.1, -0.05) is 6.07 Å². The van der Waals surface area contributed by atoms with E-state index in [0.717, 1.165) is 17.0 Å². The topological polar surface area (TPSA) is 62.1 Å². The summed E-state index contributed by atoms with van der Waals surface area (Å²) in [6, 6.07) is 7.58. The third-order valence-corrected chi connectivity index (χ3v) is 2.76. The molecule has 4 heteroatoms. The zero-order chi connectivity index (χ0) is 11.5. The van der Waals surface area contributed by atoms with Gasteiger partial charge in [0.05, 0.1) is 19.1 Å². The van der Waals surface area contributed by atoms with Crippen molar-refractivity contribution in [3.05, 3.63) is 23.8 Å². The summed E-state index contributed by atoms with van der Waals surface area (Å²) in [6.07, 6.45) is 0.964. The number of hydrogen-bond acceptors (Lipinski definition) is 3. The van der Waals surface area contributed by atoms with E-state index in [1.54, 1.807) is 13.2 Å². The second-order valence-corrected chi connectivity index (χ2v) is 3.69. The van der Waals surface area contributed by atoms with E-state index >= 15 is 0 Å². The lowest BCUT2D eigenvalue weighted by Crippen LogP contribution is -2.11. The molecule has 1 aliphatic heterocycles. The van der Waals surface area contributed by atoms with Crippen molar-refractivity contribution < 1.29 is 9.53 Å². The molecule has 1 aromatic rings. The van der Waals surface area contributed by atoms with Crippen LogP contribution in [0.3, 0.4) is 0 Å². The lowest BCUT2D eigenvalue weighted by Gasteiger charge is -2.06. The summed E-state index contributed by atoms with van der Waals surface area (Å²) in [7, 11) is 1.59. The van der Waals surface area contributed by atoms with Crippen molar-refractivity contribution in [2.45, 2.75) is 18.8 Å².